The normalized spacial score (nSPS) is 17.0. The molecule has 1 atom stereocenters. The molecule has 1 aliphatic heterocycles. The number of thiophene rings is 1. The SMILES string of the molecule is Cc1nc(C)c(S(=O)(=O)N2CC(NC(O)c3sc4nnc(C)c(C)c4c3N)C2)s1. The Kier molecular flexibility index (Phi) is 5.12. The van der Waals surface area contributed by atoms with Crippen LogP contribution < -0.4 is 11.1 Å². The molecule has 9 nitrogen and oxygen atoms in total. The third-order valence-corrected chi connectivity index (χ3v) is 9.72. The van der Waals surface area contributed by atoms with Crippen LogP contribution in [0.3, 0.4) is 0 Å². The molecule has 156 valence electrons. The van der Waals surface area contributed by atoms with Crippen molar-refractivity contribution in [1.82, 2.24) is 24.8 Å². The first-order valence-electron chi connectivity index (χ1n) is 8.99. The highest BCUT2D eigenvalue weighted by atomic mass is 32.2. The highest BCUT2D eigenvalue weighted by Gasteiger charge is 2.39. The molecule has 12 heteroatoms. The van der Waals surface area contributed by atoms with Gasteiger partial charge >= 0.3 is 0 Å². The molecule has 0 aromatic carbocycles. The van der Waals surface area contributed by atoms with Crippen LogP contribution in [-0.2, 0) is 10.0 Å². The van der Waals surface area contributed by atoms with Gasteiger partial charge in [0.1, 0.15) is 11.1 Å². The number of aromatic nitrogens is 3. The molecule has 1 saturated heterocycles. The average molecular weight is 455 g/mol. The summed E-state index contributed by atoms with van der Waals surface area (Å²) in [4.78, 5) is 5.45. The molecule has 0 radical (unpaired) electrons. The highest BCUT2D eigenvalue weighted by molar-refractivity contribution is 7.91. The molecule has 0 aliphatic carbocycles. The summed E-state index contributed by atoms with van der Waals surface area (Å²) in [5.74, 6) is 0. The predicted molar refractivity (Wildman–Crippen MR) is 114 cm³/mol. The number of nitrogens with two attached hydrogens (primary N) is 1. The topological polar surface area (TPSA) is 134 Å². The summed E-state index contributed by atoms with van der Waals surface area (Å²) in [6.45, 7) is 7.83. The van der Waals surface area contributed by atoms with Gasteiger partial charge in [0.15, 0.2) is 4.21 Å². The first-order chi connectivity index (χ1) is 13.6. The van der Waals surface area contributed by atoms with Gasteiger partial charge in [0.2, 0.25) is 0 Å². The summed E-state index contributed by atoms with van der Waals surface area (Å²) in [5, 5.41) is 23.5. The Balaban J connectivity index is 1.47. The van der Waals surface area contributed by atoms with Crippen LogP contribution in [0.15, 0.2) is 4.21 Å². The van der Waals surface area contributed by atoms with E-state index in [4.69, 9.17) is 5.73 Å². The van der Waals surface area contributed by atoms with Crippen LogP contribution in [0.2, 0.25) is 0 Å². The predicted octanol–water partition coefficient (Wildman–Crippen LogP) is 1.62. The summed E-state index contributed by atoms with van der Waals surface area (Å²) in [6.07, 6.45) is -1.00. The Labute approximate surface area is 176 Å². The lowest BCUT2D eigenvalue weighted by Gasteiger charge is -2.39. The molecule has 3 aromatic heterocycles. The number of thiazole rings is 1. The molecule has 1 fully saturated rings. The van der Waals surface area contributed by atoms with Crippen LogP contribution >= 0.6 is 22.7 Å². The quantitative estimate of drug-likeness (QED) is 0.495. The Morgan fingerprint density at radius 1 is 1.17 bits per heavy atom. The van der Waals surface area contributed by atoms with E-state index in [0.717, 1.165) is 21.7 Å². The fraction of sp³-hybridized carbons (Fsp3) is 0.471. The molecule has 0 bridgehead atoms. The number of aryl methyl sites for hydroxylation is 4. The number of aliphatic hydroxyl groups is 1. The number of fused-ring (bicyclic) bond motifs is 1. The molecule has 29 heavy (non-hydrogen) atoms. The van der Waals surface area contributed by atoms with E-state index in [9.17, 15) is 13.5 Å². The number of rotatable bonds is 5. The number of aliphatic hydroxyl groups excluding tert-OH is 1. The van der Waals surface area contributed by atoms with E-state index in [1.807, 2.05) is 13.8 Å². The molecular formula is C17H22N6O3S3. The Hall–Kier alpha value is -1.70. The van der Waals surface area contributed by atoms with Crippen molar-refractivity contribution in [1.29, 1.82) is 0 Å². The molecule has 0 spiro atoms. The second-order valence-corrected chi connectivity index (χ2v) is 11.5. The van der Waals surface area contributed by atoms with Crippen molar-refractivity contribution < 1.29 is 13.5 Å². The standard InChI is InChI=1S/C17H22N6O3S3/c1-7-8(2)21-22-16-12(7)13(18)14(28-16)15(24)20-11-5-23(6-11)29(25,26)17-9(3)19-10(4)27-17/h11,15,20,24H,5-6,18H2,1-4H3. The van der Waals surface area contributed by atoms with Crippen molar-refractivity contribution in [2.24, 2.45) is 0 Å². The Bertz CT molecular complexity index is 1200. The highest BCUT2D eigenvalue weighted by Crippen LogP contribution is 2.38. The molecule has 1 unspecified atom stereocenters. The second kappa shape index (κ2) is 7.22. The fourth-order valence-corrected chi connectivity index (χ4v) is 7.56. The van der Waals surface area contributed by atoms with E-state index < -0.39 is 16.3 Å². The van der Waals surface area contributed by atoms with E-state index in [0.29, 0.717) is 21.1 Å². The summed E-state index contributed by atoms with van der Waals surface area (Å²) >= 11 is 2.47. The van der Waals surface area contributed by atoms with Gasteiger partial charge in [0.05, 0.1) is 27.0 Å². The van der Waals surface area contributed by atoms with Gasteiger partial charge in [-0.15, -0.1) is 27.8 Å². The van der Waals surface area contributed by atoms with Crippen LogP contribution in [0.1, 0.15) is 33.1 Å². The average Bonchev–Trinajstić information content (AvgIpc) is 3.13. The number of anilines is 1. The molecule has 4 heterocycles. The molecule has 3 aromatic rings. The van der Waals surface area contributed by atoms with Gasteiger partial charge in [-0.1, -0.05) is 0 Å². The van der Waals surface area contributed by atoms with Gasteiger partial charge in [0, 0.05) is 24.5 Å². The third-order valence-electron chi connectivity index (χ3n) is 5.09. The monoisotopic (exact) mass is 454 g/mol. The van der Waals surface area contributed by atoms with Gasteiger partial charge in [-0.3, -0.25) is 5.32 Å². The van der Waals surface area contributed by atoms with Crippen molar-refractivity contribution in [3.05, 3.63) is 26.8 Å². The second-order valence-electron chi connectivity index (χ2n) is 7.16. The van der Waals surface area contributed by atoms with Crippen molar-refractivity contribution in [2.75, 3.05) is 18.8 Å². The first kappa shape index (κ1) is 20.6. The van der Waals surface area contributed by atoms with E-state index in [2.05, 4.69) is 20.5 Å². The molecule has 0 saturated carbocycles. The van der Waals surface area contributed by atoms with Gasteiger partial charge in [0.25, 0.3) is 10.0 Å². The van der Waals surface area contributed by atoms with E-state index in [1.165, 1.54) is 27.0 Å². The summed E-state index contributed by atoms with van der Waals surface area (Å²) in [5.41, 5.74) is 9.01. The molecule has 1 aliphatic rings. The van der Waals surface area contributed by atoms with Gasteiger partial charge < -0.3 is 10.8 Å². The molecule has 0 amide bonds. The number of sulfonamides is 1. The lowest BCUT2D eigenvalue weighted by molar-refractivity contribution is 0.0923. The van der Waals surface area contributed by atoms with Gasteiger partial charge in [-0.2, -0.15) is 9.40 Å². The van der Waals surface area contributed by atoms with Crippen molar-refractivity contribution in [3.8, 4) is 0 Å². The lowest BCUT2D eigenvalue weighted by atomic mass is 10.1. The van der Waals surface area contributed by atoms with E-state index in [-0.39, 0.29) is 23.3 Å². The minimum Gasteiger partial charge on any atom is -0.397 e. The maximum absolute atomic E-state index is 12.8. The Morgan fingerprint density at radius 3 is 2.48 bits per heavy atom. The largest absolute Gasteiger partial charge is 0.397 e. The Morgan fingerprint density at radius 2 is 1.86 bits per heavy atom. The minimum atomic E-state index is -3.56. The van der Waals surface area contributed by atoms with Gasteiger partial charge in [-0.25, -0.2) is 13.4 Å². The summed E-state index contributed by atoms with van der Waals surface area (Å²) < 4.78 is 27.2. The van der Waals surface area contributed by atoms with Gasteiger partial charge in [-0.05, 0) is 33.3 Å². The zero-order valence-electron chi connectivity index (χ0n) is 16.4. The number of nitrogen functional groups attached to an aromatic ring is 1. The smallest absolute Gasteiger partial charge is 0.254 e. The number of hydrogen-bond donors (Lipinski definition) is 3. The molecular weight excluding hydrogens is 432 g/mol. The van der Waals surface area contributed by atoms with Crippen LogP contribution in [0.4, 0.5) is 5.69 Å². The number of nitrogens with zero attached hydrogens (tertiary/aromatic N) is 4. The molecule has 4 rings (SSSR count). The minimum absolute atomic E-state index is 0.173. The zero-order valence-corrected chi connectivity index (χ0v) is 18.9. The van der Waals surface area contributed by atoms with Crippen molar-refractivity contribution in [2.45, 2.75) is 44.2 Å². The van der Waals surface area contributed by atoms with E-state index in [1.54, 1.807) is 13.8 Å². The maximum atomic E-state index is 12.8. The zero-order chi connectivity index (χ0) is 21.1. The number of nitrogens with one attached hydrogen (secondary N) is 1. The maximum Gasteiger partial charge on any atom is 0.254 e. The van der Waals surface area contributed by atoms with Crippen LogP contribution in [0.5, 0.6) is 0 Å². The fourth-order valence-electron chi connectivity index (χ4n) is 3.37. The molecule has 4 N–H and O–H groups in total. The van der Waals surface area contributed by atoms with Crippen molar-refractivity contribution >= 4 is 48.6 Å². The number of hydrogen-bond acceptors (Lipinski definition) is 10. The van der Waals surface area contributed by atoms with Crippen LogP contribution in [0, 0.1) is 27.7 Å². The third kappa shape index (κ3) is 3.43. The van der Waals surface area contributed by atoms with Crippen LogP contribution in [-0.4, -0.2) is 52.1 Å². The summed E-state index contributed by atoms with van der Waals surface area (Å²) in [6, 6.07) is -0.173. The van der Waals surface area contributed by atoms with Crippen LogP contribution in [0.25, 0.3) is 10.2 Å². The first-order valence-corrected chi connectivity index (χ1v) is 12.1. The van der Waals surface area contributed by atoms with Crippen molar-refractivity contribution in [3.63, 3.8) is 0 Å². The lowest BCUT2D eigenvalue weighted by Crippen LogP contribution is -2.60. The van der Waals surface area contributed by atoms with E-state index >= 15 is 0 Å². The summed E-state index contributed by atoms with van der Waals surface area (Å²) in [7, 11) is -3.56.